The van der Waals surface area contributed by atoms with Crippen LogP contribution in [0.1, 0.15) is 32.5 Å². The molecule has 1 saturated heterocycles. The Morgan fingerprint density at radius 2 is 1.89 bits per heavy atom. The van der Waals surface area contributed by atoms with Gasteiger partial charge in [-0.2, -0.15) is 0 Å². The number of hydrogen-bond acceptors (Lipinski definition) is 4. The van der Waals surface area contributed by atoms with Crippen molar-refractivity contribution in [1.29, 1.82) is 0 Å². The molecule has 2 N–H and O–H groups in total. The van der Waals surface area contributed by atoms with Crippen LogP contribution in [0.3, 0.4) is 0 Å². The maximum atomic E-state index is 6.23. The molecule has 1 aromatic rings. The highest BCUT2D eigenvalue weighted by atomic mass is 15.3. The van der Waals surface area contributed by atoms with Gasteiger partial charge in [-0.05, 0) is 40.0 Å². The number of nitrogens with zero attached hydrogens (tertiary/aromatic N) is 3. The summed E-state index contributed by atoms with van der Waals surface area (Å²) in [4.78, 5) is 9.44. The van der Waals surface area contributed by atoms with E-state index in [0.717, 1.165) is 18.8 Å². The zero-order chi connectivity index (χ0) is 14.0. The van der Waals surface area contributed by atoms with Crippen LogP contribution in [0.15, 0.2) is 24.4 Å². The van der Waals surface area contributed by atoms with Crippen LogP contribution < -0.4 is 5.73 Å². The largest absolute Gasteiger partial charge is 0.326 e. The van der Waals surface area contributed by atoms with Crippen molar-refractivity contribution >= 4 is 0 Å². The van der Waals surface area contributed by atoms with Crippen LogP contribution in [-0.4, -0.2) is 53.0 Å². The second-order valence-electron chi connectivity index (χ2n) is 5.88. The van der Waals surface area contributed by atoms with E-state index in [1.807, 2.05) is 18.3 Å². The Labute approximate surface area is 116 Å². The highest BCUT2D eigenvalue weighted by molar-refractivity contribution is 5.12. The summed E-state index contributed by atoms with van der Waals surface area (Å²) in [5.74, 6) is 0. The molecule has 0 spiro atoms. The first-order valence-corrected chi connectivity index (χ1v) is 7.13. The van der Waals surface area contributed by atoms with Gasteiger partial charge in [-0.15, -0.1) is 0 Å². The molecule has 0 amide bonds. The fourth-order valence-corrected chi connectivity index (χ4v) is 3.01. The average Bonchev–Trinajstić information content (AvgIpc) is 2.37. The molecule has 2 rings (SSSR count). The molecule has 1 fully saturated rings. The zero-order valence-electron chi connectivity index (χ0n) is 12.5. The van der Waals surface area contributed by atoms with Gasteiger partial charge in [0.1, 0.15) is 0 Å². The smallest absolute Gasteiger partial charge is 0.0672 e. The van der Waals surface area contributed by atoms with Crippen molar-refractivity contribution in [2.24, 2.45) is 5.73 Å². The van der Waals surface area contributed by atoms with E-state index in [4.69, 9.17) is 5.73 Å². The lowest BCUT2D eigenvalue weighted by atomic mass is 10.00. The van der Waals surface area contributed by atoms with Gasteiger partial charge in [0.15, 0.2) is 0 Å². The minimum absolute atomic E-state index is 0.0812. The highest BCUT2D eigenvalue weighted by Crippen LogP contribution is 2.26. The Morgan fingerprint density at radius 1 is 1.26 bits per heavy atom. The van der Waals surface area contributed by atoms with Gasteiger partial charge in [0, 0.05) is 37.4 Å². The molecule has 4 atom stereocenters. The van der Waals surface area contributed by atoms with E-state index in [9.17, 15) is 0 Å². The maximum absolute atomic E-state index is 6.23. The van der Waals surface area contributed by atoms with Crippen molar-refractivity contribution in [2.75, 3.05) is 20.1 Å². The summed E-state index contributed by atoms with van der Waals surface area (Å²) in [6.07, 6.45) is 1.85. The monoisotopic (exact) mass is 262 g/mol. The van der Waals surface area contributed by atoms with E-state index in [0.29, 0.717) is 12.1 Å². The molecule has 0 radical (unpaired) electrons. The number of hydrogen-bond donors (Lipinski definition) is 1. The molecule has 1 aliphatic heterocycles. The topological polar surface area (TPSA) is 45.4 Å². The molecule has 1 aromatic heterocycles. The SMILES string of the molecule is CC(N)C(c1ccccn1)N1CC(C)N(C)C(C)C1. The van der Waals surface area contributed by atoms with E-state index in [1.165, 1.54) is 0 Å². The van der Waals surface area contributed by atoms with Gasteiger partial charge in [-0.3, -0.25) is 14.8 Å². The molecular formula is C15H26N4. The summed E-state index contributed by atoms with van der Waals surface area (Å²) < 4.78 is 0. The van der Waals surface area contributed by atoms with Crippen LogP contribution in [0.2, 0.25) is 0 Å². The quantitative estimate of drug-likeness (QED) is 0.896. The lowest BCUT2D eigenvalue weighted by Gasteiger charge is -2.46. The van der Waals surface area contributed by atoms with Gasteiger partial charge in [-0.25, -0.2) is 0 Å². The van der Waals surface area contributed by atoms with Gasteiger partial charge in [-0.1, -0.05) is 6.07 Å². The highest BCUT2D eigenvalue weighted by Gasteiger charge is 2.33. The third kappa shape index (κ3) is 3.14. The van der Waals surface area contributed by atoms with Crippen molar-refractivity contribution in [3.63, 3.8) is 0 Å². The third-order valence-corrected chi connectivity index (χ3v) is 4.27. The fraction of sp³-hybridized carbons (Fsp3) is 0.667. The lowest BCUT2D eigenvalue weighted by Crippen LogP contribution is -2.57. The predicted molar refractivity (Wildman–Crippen MR) is 78.9 cm³/mol. The van der Waals surface area contributed by atoms with Gasteiger partial charge in [0.2, 0.25) is 0 Å². The normalized spacial score (nSPS) is 29.1. The molecule has 0 bridgehead atoms. The van der Waals surface area contributed by atoms with E-state index < -0.39 is 0 Å². The Bertz CT molecular complexity index is 380. The zero-order valence-corrected chi connectivity index (χ0v) is 12.5. The van der Waals surface area contributed by atoms with E-state index in [2.05, 4.69) is 48.7 Å². The summed E-state index contributed by atoms with van der Waals surface area (Å²) in [5.41, 5.74) is 7.31. The average molecular weight is 262 g/mol. The number of pyridine rings is 1. The summed E-state index contributed by atoms with van der Waals surface area (Å²) in [7, 11) is 2.20. The van der Waals surface area contributed by atoms with Gasteiger partial charge < -0.3 is 5.73 Å². The van der Waals surface area contributed by atoms with Crippen LogP contribution >= 0.6 is 0 Å². The van der Waals surface area contributed by atoms with Crippen LogP contribution in [0.4, 0.5) is 0 Å². The van der Waals surface area contributed by atoms with Crippen LogP contribution in [-0.2, 0) is 0 Å². The van der Waals surface area contributed by atoms with E-state index in [1.54, 1.807) is 0 Å². The number of rotatable bonds is 3. The Balaban J connectivity index is 2.21. The van der Waals surface area contributed by atoms with Crippen LogP contribution in [0.25, 0.3) is 0 Å². The van der Waals surface area contributed by atoms with Crippen molar-refractivity contribution in [1.82, 2.24) is 14.8 Å². The van der Waals surface area contributed by atoms with E-state index >= 15 is 0 Å². The number of aromatic nitrogens is 1. The molecule has 4 nitrogen and oxygen atoms in total. The molecule has 0 aromatic carbocycles. The van der Waals surface area contributed by atoms with Gasteiger partial charge in [0.05, 0.1) is 11.7 Å². The lowest BCUT2D eigenvalue weighted by molar-refractivity contribution is 0.0262. The molecular weight excluding hydrogens is 236 g/mol. The minimum Gasteiger partial charge on any atom is -0.326 e. The second kappa shape index (κ2) is 5.99. The van der Waals surface area contributed by atoms with E-state index in [-0.39, 0.29) is 12.1 Å². The molecule has 1 aliphatic rings. The summed E-state index contributed by atoms with van der Waals surface area (Å²) in [5, 5.41) is 0. The number of nitrogens with two attached hydrogens (primary N) is 1. The molecule has 106 valence electrons. The van der Waals surface area contributed by atoms with Crippen molar-refractivity contribution in [3.05, 3.63) is 30.1 Å². The first kappa shape index (κ1) is 14.4. The molecule has 19 heavy (non-hydrogen) atoms. The molecule has 4 heteroatoms. The Kier molecular flexibility index (Phi) is 4.55. The van der Waals surface area contributed by atoms with Crippen molar-refractivity contribution < 1.29 is 0 Å². The summed E-state index contributed by atoms with van der Waals surface area (Å²) in [6.45, 7) is 8.72. The number of likely N-dealkylation sites (N-methyl/N-ethyl adjacent to an activating group) is 1. The standard InChI is InChI=1S/C15H26N4/c1-11-9-19(10-12(2)18(11)4)15(13(3)16)14-7-5-6-8-17-14/h5-8,11-13,15H,9-10,16H2,1-4H3. The van der Waals surface area contributed by atoms with Crippen molar-refractivity contribution in [3.8, 4) is 0 Å². The third-order valence-electron chi connectivity index (χ3n) is 4.27. The summed E-state index contributed by atoms with van der Waals surface area (Å²) >= 11 is 0. The van der Waals surface area contributed by atoms with Gasteiger partial charge >= 0.3 is 0 Å². The first-order valence-electron chi connectivity index (χ1n) is 7.13. The maximum Gasteiger partial charge on any atom is 0.0672 e. The molecule has 0 saturated carbocycles. The van der Waals surface area contributed by atoms with Crippen LogP contribution in [0, 0.1) is 0 Å². The van der Waals surface area contributed by atoms with Crippen LogP contribution in [0.5, 0.6) is 0 Å². The minimum atomic E-state index is 0.0812. The Hall–Kier alpha value is -0.970. The molecule has 2 heterocycles. The predicted octanol–water partition coefficient (Wildman–Crippen LogP) is 1.49. The number of piperazine rings is 1. The molecule has 4 unspecified atom stereocenters. The fourth-order valence-electron chi connectivity index (χ4n) is 3.01. The molecule has 0 aliphatic carbocycles. The Morgan fingerprint density at radius 3 is 2.37 bits per heavy atom. The summed E-state index contributed by atoms with van der Waals surface area (Å²) in [6, 6.07) is 7.47. The van der Waals surface area contributed by atoms with Crippen molar-refractivity contribution in [2.45, 2.75) is 44.9 Å². The van der Waals surface area contributed by atoms with Gasteiger partial charge in [0.25, 0.3) is 0 Å². The second-order valence-corrected chi connectivity index (χ2v) is 5.88. The first-order chi connectivity index (χ1) is 9.00.